The molecule has 0 amide bonds. The van der Waals surface area contributed by atoms with Gasteiger partial charge in [-0.3, -0.25) is 0 Å². The van der Waals surface area contributed by atoms with E-state index in [9.17, 15) is 8.42 Å². The third kappa shape index (κ3) is 3.80. The van der Waals surface area contributed by atoms with Gasteiger partial charge >= 0.3 is 0 Å². The third-order valence-corrected chi connectivity index (χ3v) is 4.71. The van der Waals surface area contributed by atoms with Gasteiger partial charge in [0.1, 0.15) is 5.76 Å². The van der Waals surface area contributed by atoms with Crippen LogP contribution in [-0.2, 0) is 16.6 Å². The number of rotatable bonds is 5. The zero-order valence-electron chi connectivity index (χ0n) is 10.1. The van der Waals surface area contributed by atoms with E-state index in [4.69, 9.17) is 21.2 Å². The first-order valence-corrected chi connectivity index (χ1v) is 8.20. The van der Waals surface area contributed by atoms with Crippen molar-refractivity contribution in [3.05, 3.63) is 39.2 Å². The molecule has 0 aromatic carbocycles. The Morgan fingerprint density at radius 3 is 2.68 bits per heavy atom. The predicted molar refractivity (Wildman–Crippen MR) is 74.7 cm³/mol. The highest BCUT2D eigenvalue weighted by molar-refractivity contribution is 7.89. The summed E-state index contributed by atoms with van der Waals surface area (Å²) < 4.78 is 28.0. The molecule has 0 spiro atoms. The van der Waals surface area contributed by atoms with Crippen LogP contribution in [0.4, 0.5) is 0 Å². The first-order chi connectivity index (χ1) is 8.86. The first kappa shape index (κ1) is 14.5. The van der Waals surface area contributed by atoms with Crippen molar-refractivity contribution in [2.24, 2.45) is 5.14 Å². The summed E-state index contributed by atoms with van der Waals surface area (Å²) in [6.07, 6.45) is 0. The Balaban J connectivity index is 1.97. The second kappa shape index (κ2) is 5.64. The lowest BCUT2D eigenvalue weighted by Crippen LogP contribution is -2.16. The van der Waals surface area contributed by atoms with E-state index < -0.39 is 10.0 Å². The minimum atomic E-state index is -3.78. The van der Waals surface area contributed by atoms with Crippen LogP contribution in [0, 0.1) is 0 Å². The maximum Gasteiger partial charge on any atom is 0.271 e. The van der Waals surface area contributed by atoms with Crippen molar-refractivity contribution < 1.29 is 12.8 Å². The van der Waals surface area contributed by atoms with Gasteiger partial charge in [-0.2, -0.15) is 0 Å². The van der Waals surface area contributed by atoms with E-state index in [1.165, 1.54) is 17.4 Å². The van der Waals surface area contributed by atoms with Crippen LogP contribution in [0.5, 0.6) is 0 Å². The number of hydrogen-bond donors (Lipinski definition) is 2. The predicted octanol–water partition coefficient (Wildman–Crippen LogP) is 2.49. The van der Waals surface area contributed by atoms with Crippen molar-refractivity contribution in [3.63, 3.8) is 0 Å². The number of nitrogens with two attached hydrogens (primary N) is 1. The van der Waals surface area contributed by atoms with Crippen LogP contribution in [0.1, 0.15) is 23.6 Å². The molecule has 3 N–H and O–H groups in total. The van der Waals surface area contributed by atoms with Crippen LogP contribution in [0.25, 0.3) is 0 Å². The monoisotopic (exact) mass is 320 g/mol. The molecule has 1 atom stereocenters. The average Bonchev–Trinajstić information content (AvgIpc) is 2.93. The van der Waals surface area contributed by atoms with Gasteiger partial charge in [0, 0.05) is 10.9 Å². The van der Waals surface area contributed by atoms with Gasteiger partial charge in [-0.1, -0.05) is 11.6 Å². The number of halogens is 1. The largest absolute Gasteiger partial charge is 0.447 e. The number of hydrogen-bond acceptors (Lipinski definition) is 5. The lowest BCUT2D eigenvalue weighted by atomic mass is 10.2. The molecular formula is C11H13ClN2O3S2. The maximum atomic E-state index is 11.1. The van der Waals surface area contributed by atoms with E-state index in [0.717, 1.165) is 9.21 Å². The van der Waals surface area contributed by atoms with Crippen LogP contribution in [0.15, 0.2) is 33.8 Å². The third-order valence-electron chi connectivity index (χ3n) is 2.52. The van der Waals surface area contributed by atoms with Crippen LogP contribution in [0.3, 0.4) is 0 Å². The van der Waals surface area contributed by atoms with E-state index in [2.05, 4.69) is 5.32 Å². The van der Waals surface area contributed by atoms with E-state index in [0.29, 0.717) is 12.3 Å². The molecule has 0 aliphatic heterocycles. The highest BCUT2D eigenvalue weighted by atomic mass is 35.5. The fraction of sp³-hybridized carbons (Fsp3) is 0.273. The topological polar surface area (TPSA) is 85.3 Å². The Bertz CT molecular complexity index is 663. The molecule has 0 saturated heterocycles. The summed E-state index contributed by atoms with van der Waals surface area (Å²) in [5, 5.41) is 7.95. The first-order valence-electron chi connectivity index (χ1n) is 5.46. The number of thiophene rings is 1. The van der Waals surface area contributed by atoms with E-state index in [1.807, 2.05) is 19.1 Å². The maximum absolute atomic E-state index is 11.1. The zero-order chi connectivity index (χ0) is 14.0. The van der Waals surface area contributed by atoms with Gasteiger partial charge in [0.25, 0.3) is 10.0 Å². The Morgan fingerprint density at radius 2 is 2.16 bits per heavy atom. The molecule has 2 aromatic heterocycles. The highest BCUT2D eigenvalue weighted by Gasteiger charge is 2.14. The van der Waals surface area contributed by atoms with E-state index in [1.54, 1.807) is 6.07 Å². The van der Waals surface area contributed by atoms with Crippen molar-refractivity contribution in [1.29, 1.82) is 0 Å². The molecular weight excluding hydrogens is 308 g/mol. The minimum Gasteiger partial charge on any atom is -0.447 e. The smallest absolute Gasteiger partial charge is 0.271 e. The Labute approximate surface area is 120 Å². The molecule has 0 fully saturated rings. The van der Waals surface area contributed by atoms with E-state index in [-0.39, 0.29) is 11.1 Å². The second-order valence-electron chi connectivity index (χ2n) is 4.01. The van der Waals surface area contributed by atoms with Crippen molar-refractivity contribution in [2.45, 2.75) is 24.6 Å². The molecule has 0 aliphatic rings. The molecule has 2 heterocycles. The van der Waals surface area contributed by atoms with Gasteiger partial charge in [-0.25, -0.2) is 13.6 Å². The second-order valence-corrected chi connectivity index (χ2v) is 7.25. The summed E-state index contributed by atoms with van der Waals surface area (Å²) in [7, 11) is -3.78. The molecule has 104 valence electrons. The fourth-order valence-corrected chi connectivity index (χ4v) is 3.09. The molecule has 8 heteroatoms. The van der Waals surface area contributed by atoms with Gasteiger partial charge in [0.15, 0.2) is 0 Å². The SMILES string of the molecule is CC(NCc1ccc(S(N)(=O)=O)o1)c1ccc(Cl)s1. The molecule has 0 saturated carbocycles. The van der Waals surface area contributed by atoms with Crippen LogP contribution >= 0.6 is 22.9 Å². The average molecular weight is 321 g/mol. The summed E-state index contributed by atoms with van der Waals surface area (Å²) in [5.41, 5.74) is 0. The van der Waals surface area contributed by atoms with Crippen LogP contribution in [0.2, 0.25) is 4.34 Å². The lowest BCUT2D eigenvalue weighted by molar-refractivity contribution is 0.394. The molecule has 2 rings (SSSR count). The van der Waals surface area contributed by atoms with Crippen molar-refractivity contribution in [2.75, 3.05) is 0 Å². The van der Waals surface area contributed by atoms with E-state index >= 15 is 0 Å². The van der Waals surface area contributed by atoms with Gasteiger partial charge < -0.3 is 9.73 Å². The Morgan fingerprint density at radius 1 is 1.42 bits per heavy atom. The van der Waals surface area contributed by atoms with Crippen molar-refractivity contribution in [3.8, 4) is 0 Å². The molecule has 5 nitrogen and oxygen atoms in total. The van der Waals surface area contributed by atoms with Gasteiger partial charge in [0.05, 0.1) is 10.9 Å². The standard InChI is InChI=1S/C11H13ClN2O3S2/c1-7(9-3-4-10(12)18-9)14-6-8-2-5-11(17-8)19(13,15)16/h2-5,7,14H,6H2,1H3,(H2,13,15,16). The molecule has 0 radical (unpaired) electrons. The quantitative estimate of drug-likeness (QED) is 0.886. The highest BCUT2D eigenvalue weighted by Crippen LogP contribution is 2.26. The van der Waals surface area contributed by atoms with Crippen molar-refractivity contribution >= 4 is 33.0 Å². The molecule has 1 unspecified atom stereocenters. The summed E-state index contributed by atoms with van der Waals surface area (Å²) >= 11 is 7.36. The minimum absolute atomic E-state index is 0.0977. The summed E-state index contributed by atoms with van der Waals surface area (Å²) in [6, 6.07) is 6.81. The molecule has 2 aromatic rings. The number of sulfonamides is 1. The Kier molecular flexibility index (Phi) is 4.32. The molecule has 0 bridgehead atoms. The lowest BCUT2D eigenvalue weighted by Gasteiger charge is -2.10. The van der Waals surface area contributed by atoms with Gasteiger partial charge in [0.2, 0.25) is 5.09 Å². The van der Waals surface area contributed by atoms with Crippen molar-refractivity contribution in [1.82, 2.24) is 5.32 Å². The molecule has 0 aliphatic carbocycles. The van der Waals surface area contributed by atoms with Crippen LogP contribution in [-0.4, -0.2) is 8.42 Å². The van der Waals surface area contributed by atoms with Crippen LogP contribution < -0.4 is 10.5 Å². The van der Waals surface area contributed by atoms with Gasteiger partial charge in [-0.15, -0.1) is 11.3 Å². The number of furan rings is 1. The summed E-state index contributed by atoms with van der Waals surface area (Å²) in [6.45, 7) is 2.40. The summed E-state index contributed by atoms with van der Waals surface area (Å²) in [4.78, 5) is 1.10. The zero-order valence-corrected chi connectivity index (χ0v) is 12.5. The summed E-state index contributed by atoms with van der Waals surface area (Å²) in [5.74, 6) is 0.513. The number of nitrogens with one attached hydrogen (secondary N) is 1. The fourth-order valence-electron chi connectivity index (χ4n) is 1.52. The number of primary sulfonamides is 1. The molecule has 19 heavy (non-hydrogen) atoms. The normalized spacial score (nSPS) is 13.6. The Hall–Kier alpha value is -0.860. The van der Waals surface area contributed by atoms with Gasteiger partial charge in [-0.05, 0) is 31.2 Å².